The van der Waals surface area contributed by atoms with Crippen molar-refractivity contribution in [2.24, 2.45) is 0 Å². The van der Waals surface area contributed by atoms with Gasteiger partial charge in [0.1, 0.15) is 4.90 Å². The molecule has 0 bridgehead atoms. The van der Waals surface area contributed by atoms with Crippen molar-refractivity contribution in [1.29, 1.82) is 0 Å². The summed E-state index contributed by atoms with van der Waals surface area (Å²) in [5, 5.41) is 9.15. The van der Waals surface area contributed by atoms with E-state index in [4.69, 9.17) is 9.66 Å². The summed E-state index contributed by atoms with van der Waals surface area (Å²) in [7, 11) is -4.54. The Kier molecular flexibility index (Phi) is 3.75. The molecule has 7 nitrogen and oxygen atoms in total. The second-order valence-electron chi connectivity index (χ2n) is 3.81. The second kappa shape index (κ2) is 5.07. The number of hydrogen-bond acceptors (Lipinski definition) is 5. The van der Waals surface area contributed by atoms with Gasteiger partial charge in [0.15, 0.2) is 0 Å². The molecular formula is C11H7IO7S. The molecule has 20 heavy (non-hydrogen) atoms. The number of fused-ring (bicyclic) bond motifs is 1. The molecule has 0 spiro atoms. The Labute approximate surface area is 120 Å². The number of aromatic carboxylic acids is 1. The third-order valence-electron chi connectivity index (χ3n) is 2.60. The van der Waals surface area contributed by atoms with E-state index < -0.39 is 49.9 Å². The number of halogens is 1. The summed E-state index contributed by atoms with van der Waals surface area (Å²) in [6.45, 7) is 0. The Hall–Kier alpha value is -1.59. The summed E-state index contributed by atoms with van der Waals surface area (Å²) in [4.78, 5) is 10.6. The van der Waals surface area contributed by atoms with Gasteiger partial charge in [0.25, 0.3) is 10.1 Å². The van der Waals surface area contributed by atoms with Crippen LogP contribution in [0.3, 0.4) is 0 Å². The summed E-state index contributed by atoms with van der Waals surface area (Å²) in [5.74, 6) is -1.42. The normalized spacial score (nSPS) is 11.9. The van der Waals surface area contributed by atoms with E-state index in [1.165, 1.54) is 12.1 Å². The molecule has 0 amide bonds. The topological polar surface area (TPSA) is 126 Å². The quantitative estimate of drug-likeness (QED) is 0.587. The van der Waals surface area contributed by atoms with Gasteiger partial charge in [-0.1, -0.05) is 12.1 Å². The zero-order valence-corrected chi connectivity index (χ0v) is 12.6. The van der Waals surface area contributed by atoms with Crippen LogP contribution < -0.4 is 0 Å². The van der Waals surface area contributed by atoms with Gasteiger partial charge in [-0.15, -0.1) is 0 Å². The van der Waals surface area contributed by atoms with Crippen molar-refractivity contribution in [3.63, 3.8) is 0 Å². The molecule has 2 N–H and O–H groups in total. The molecule has 0 aliphatic heterocycles. The molecule has 0 fully saturated rings. The van der Waals surface area contributed by atoms with Crippen molar-refractivity contribution in [3.05, 3.63) is 39.5 Å². The van der Waals surface area contributed by atoms with Crippen LogP contribution in [-0.2, 0) is 16.3 Å². The maximum absolute atomic E-state index is 11.2. The number of hydrogen-bond donors (Lipinski definition) is 2. The van der Waals surface area contributed by atoms with E-state index in [1.54, 1.807) is 0 Å². The smallest absolute Gasteiger partial charge is 0.341 e. The van der Waals surface area contributed by atoms with Crippen LogP contribution in [0, 0.1) is 3.57 Å². The van der Waals surface area contributed by atoms with Crippen molar-refractivity contribution in [2.75, 3.05) is 0 Å². The van der Waals surface area contributed by atoms with Gasteiger partial charge in [-0.25, -0.2) is 10.9 Å². The van der Waals surface area contributed by atoms with E-state index in [1.807, 2.05) is 0 Å². The predicted octanol–water partition coefficient (Wildman–Crippen LogP) is 2.15. The molecule has 0 heterocycles. The summed E-state index contributed by atoms with van der Waals surface area (Å²) >= 11 is -4.14. The lowest BCUT2D eigenvalue weighted by Gasteiger charge is -2.06. The van der Waals surface area contributed by atoms with E-state index >= 15 is 0 Å². The largest absolute Gasteiger partial charge is 0.478 e. The average Bonchev–Trinajstić information content (AvgIpc) is 2.34. The van der Waals surface area contributed by atoms with Gasteiger partial charge in [0, 0.05) is 5.39 Å². The minimum absolute atomic E-state index is 0.0380. The summed E-state index contributed by atoms with van der Waals surface area (Å²) in [6, 6.07) is 5.89. The maximum atomic E-state index is 11.2. The lowest BCUT2D eigenvalue weighted by molar-refractivity contribution is 0.0695. The van der Waals surface area contributed by atoms with Crippen molar-refractivity contribution in [2.45, 2.75) is 4.90 Å². The summed E-state index contributed by atoms with van der Waals surface area (Å²) in [5.41, 5.74) is -0.416. The first-order valence-corrected chi connectivity index (χ1v) is 9.32. The van der Waals surface area contributed by atoms with Gasteiger partial charge in [-0.3, -0.25) is 4.55 Å². The van der Waals surface area contributed by atoms with Gasteiger partial charge >= 0.3 is 25.8 Å². The van der Waals surface area contributed by atoms with Gasteiger partial charge in [0.2, 0.25) is 0 Å². The Balaban J connectivity index is 3.00. The van der Waals surface area contributed by atoms with E-state index in [9.17, 15) is 19.4 Å². The van der Waals surface area contributed by atoms with Gasteiger partial charge < -0.3 is 5.11 Å². The van der Waals surface area contributed by atoms with Crippen LogP contribution in [0.1, 0.15) is 10.4 Å². The van der Waals surface area contributed by atoms with E-state index in [0.717, 1.165) is 18.2 Å². The number of carbonyl (C=O) groups is 1. The van der Waals surface area contributed by atoms with E-state index in [-0.39, 0.29) is 10.8 Å². The third-order valence-corrected chi connectivity index (χ3v) is 5.36. The average molecular weight is 410 g/mol. The maximum Gasteiger partial charge on any atom is 0.341 e. The highest BCUT2D eigenvalue weighted by Gasteiger charge is 2.20. The zero-order valence-electron chi connectivity index (χ0n) is 9.61. The first-order chi connectivity index (χ1) is 9.21. The highest BCUT2D eigenvalue weighted by molar-refractivity contribution is 14.2. The van der Waals surface area contributed by atoms with Crippen molar-refractivity contribution in [3.8, 4) is 0 Å². The third kappa shape index (κ3) is 2.64. The first-order valence-electron chi connectivity index (χ1n) is 5.04. The van der Waals surface area contributed by atoms with Gasteiger partial charge in [0.05, 0.1) is 9.13 Å². The fourth-order valence-corrected chi connectivity index (χ4v) is 3.92. The highest BCUT2D eigenvalue weighted by Crippen LogP contribution is 2.30. The SMILES string of the molecule is O=C(O)c1cc2cccc(S(=O)(=O)O)c2cc1I(=O)=O. The van der Waals surface area contributed by atoms with Crippen molar-refractivity contribution in [1.82, 2.24) is 0 Å². The Bertz CT molecular complexity index is 888. The molecule has 2 rings (SSSR count). The molecule has 2 aromatic carbocycles. The lowest BCUT2D eigenvalue weighted by atomic mass is 10.1. The molecule has 0 aliphatic rings. The van der Waals surface area contributed by atoms with Crippen molar-refractivity contribution >= 4 is 46.7 Å². The number of benzene rings is 2. The molecule has 0 unspecified atom stereocenters. The van der Waals surface area contributed by atoms with Gasteiger partial charge in [-0.05, 0) is 23.6 Å². The molecule has 0 saturated heterocycles. The highest BCUT2D eigenvalue weighted by atomic mass is 127. The Morgan fingerprint density at radius 1 is 1.15 bits per heavy atom. The lowest BCUT2D eigenvalue weighted by Crippen LogP contribution is -2.03. The fourth-order valence-electron chi connectivity index (χ4n) is 1.79. The second-order valence-corrected chi connectivity index (χ2v) is 7.60. The van der Waals surface area contributed by atoms with E-state index in [0.29, 0.717) is 0 Å². The van der Waals surface area contributed by atoms with Gasteiger partial charge in [-0.2, -0.15) is 8.42 Å². The monoisotopic (exact) mass is 410 g/mol. The summed E-state index contributed by atoms with van der Waals surface area (Å²) in [6.07, 6.45) is 0. The predicted molar refractivity (Wildman–Crippen MR) is 74.8 cm³/mol. The number of rotatable bonds is 3. The molecule has 0 atom stereocenters. The minimum Gasteiger partial charge on any atom is -0.478 e. The molecule has 0 aromatic heterocycles. The Morgan fingerprint density at radius 3 is 2.30 bits per heavy atom. The van der Waals surface area contributed by atoms with Crippen LogP contribution in [0.2, 0.25) is 0 Å². The van der Waals surface area contributed by atoms with Crippen LogP contribution in [0.5, 0.6) is 0 Å². The van der Waals surface area contributed by atoms with Crippen LogP contribution in [0.15, 0.2) is 35.2 Å². The standard InChI is InChI=1S/C11H7IO7S/c13-11(14)8-4-6-2-1-3-10(20(17,18)19)7(6)5-9(8)12(15)16/h1-5H,(H,13,14)(H,17,18,19). The Morgan fingerprint density at radius 2 is 1.80 bits per heavy atom. The zero-order chi connectivity index (χ0) is 15.1. The first kappa shape index (κ1) is 14.8. The fraction of sp³-hybridized carbons (Fsp3) is 0. The molecule has 2 aromatic rings. The molecule has 0 saturated carbocycles. The van der Waals surface area contributed by atoms with Crippen LogP contribution in [0.4, 0.5) is 0 Å². The number of carboxylic acid groups (broad SMARTS) is 1. The van der Waals surface area contributed by atoms with Crippen LogP contribution in [-0.4, -0.2) is 24.0 Å². The van der Waals surface area contributed by atoms with Crippen molar-refractivity contribution < 1.29 is 29.0 Å². The minimum atomic E-state index is -4.54. The van der Waals surface area contributed by atoms with Crippen LogP contribution >= 0.6 is 19.8 Å². The van der Waals surface area contributed by atoms with Crippen LogP contribution in [0.25, 0.3) is 10.8 Å². The molecule has 9 heteroatoms. The van der Waals surface area contributed by atoms with E-state index in [2.05, 4.69) is 0 Å². The molecule has 0 radical (unpaired) electrons. The summed E-state index contributed by atoms with van der Waals surface area (Å²) < 4.78 is 53.5. The molecule has 0 aliphatic carbocycles. The molecular weight excluding hydrogens is 403 g/mol. The molecule has 106 valence electrons. The number of carboxylic acids is 1.